The van der Waals surface area contributed by atoms with Crippen molar-refractivity contribution >= 4 is 40.8 Å². The molecule has 1 amide bonds. The zero-order valence-corrected chi connectivity index (χ0v) is 30.4. The summed E-state index contributed by atoms with van der Waals surface area (Å²) in [7, 11) is 3.69. The standard InChI is InChI=1S/C38H48Cl2N2O6/c1-7-46-34(43)24-33-37(44)42(25-38(2,3)4)31-19-18-27(39)23-29(31)35(48-33)28-15-10-17-32(36(28)45-6)47-22-12-21-41(5)20-11-14-26-13-8-9-16-30(26)40/h8-10,13,15-19,23,33,35H,7,11-12,14,20-22,24-25H2,1-6H3/t33-,35-/m0/s1. The van der Waals surface area contributed by atoms with Gasteiger partial charge in [-0.25, -0.2) is 0 Å². The highest BCUT2D eigenvalue weighted by Gasteiger charge is 2.40. The van der Waals surface area contributed by atoms with Gasteiger partial charge in [0.25, 0.3) is 5.91 Å². The normalized spacial score (nSPS) is 16.4. The average Bonchev–Trinajstić information content (AvgIpc) is 3.13. The number of methoxy groups -OCH3 is 1. The lowest BCUT2D eigenvalue weighted by Crippen LogP contribution is -2.44. The molecule has 0 saturated carbocycles. The number of nitrogens with zero attached hydrogens (tertiary/aromatic N) is 2. The number of amides is 1. The number of benzene rings is 3. The lowest BCUT2D eigenvalue weighted by Gasteiger charge is -2.31. The second kappa shape index (κ2) is 17.4. The summed E-state index contributed by atoms with van der Waals surface area (Å²) >= 11 is 12.9. The fourth-order valence-electron chi connectivity index (χ4n) is 5.89. The van der Waals surface area contributed by atoms with E-state index in [1.165, 1.54) is 5.56 Å². The molecular formula is C38H48Cl2N2O6. The number of fused-ring (bicyclic) bond motifs is 1. The molecule has 0 spiro atoms. The van der Waals surface area contributed by atoms with Crippen LogP contribution in [0.3, 0.4) is 0 Å². The zero-order chi connectivity index (χ0) is 34.8. The molecule has 3 aromatic carbocycles. The molecule has 4 rings (SSSR count). The van der Waals surface area contributed by atoms with Crippen molar-refractivity contribution in [2.45, 2.75) is 65.6 Å². The molecule has 1 heterocycles. The van der Waals surface area contributed by atoms with Crippen LogP contribution in [0.5, 0.6) is 11.5 Å². The molecule has 0 fully saturated rings. The number of hydrogen-bond acceptors (Lipinski definition) is 7. The number of para-hydroxylation sites is 1. The maximum Gasteiger partial charge on any atom is 0.308 e. The Kier molecular flexibility index (Phi) is 13.6. The number of anilines is 1. The fraction of sp³-hybridized carbons (Fsp3) is 0.474. The predicted octanol–water partition coefficient (Wildman–Crippen LogP) is 8.16. The van der Waals surface area contributed by atoms with Crippen molar-refractivity contribution in [3.8, 4) is 11.5 Å². The summed E-state index contributed by atoms with van der Waals surface area (Å²) in [5.41, 5.74) is 2.95. The van der Waals surface area contributed by atoms with E-state index in [9.17, 15) is 9.59 Å². The van der Waals surface area contributed by atoms with Crippen LogP contribution in [-0.4, -0.2) is 69.9 Å². The van der Waals surface area contributed by atoms with E-state index in [1.807, 2.05) is 48.5 Å². The van der Waals surface area contributed by atoms with Crippen molar-refractivity contribution in [3.63, 3.8) is 0 Å². The van der Waals surface area contributed by atoms with Crippen LogP contribution in [0.25, 0.3) is 0 Å². The van der Waals surface area contributed by atoms with Crippen LogP contribution in [0, 0.1) is 5.41 Å². The summed E-state index contributed by atoms with van der Waals surface area (Å²) in [6, 6.07) is 19.0. The van der Waals surface area contributed by atoms with Crippen molar-refractivity contribution < 1.29 is 28.5 Å². The van der Waals surface area contributed by atoms with Gasteiger partial charge in [-0.2, -0.15) is 0 Å². The molecule has 0 radical (unpaired) electrons. The van der Waals surface area contributed by atoms with E-state index in [1.54, 1.807) is 25.0 Å². The summed E-state index contributed by atoms with van der Waals surface area (Å²) in [5.74, 6) is 0.235. The molecule has 0 bridgehead atoms. The largest absolute Gasteiger partial charge is 0.492 e. The van der Waals surface area contributed by atoms with Gasteiger partial charge in [-0.1, -0.05) is 74.3 Å². The summed E-state index contributed by atoms with van der Waals surface area (Å²) < 4.78 is 24.0. The number of esters is 1. The topological polar surface area (TPSA) is 77.5 Å². The minimum atomic E-state index is -1.09. The lowest BCUT2D eigenvalue weighted by molar-refractivity contribution is -0.151. The number of halogens is 2. The third-order valence-electron chi connectivity index (χ3n) is 8.08. The molecule has 3 aromatic rings. The summed E-state index contributed by atoms with van der Waals surface area (Å²) in [4.78, 5) is 30.8. The summed E-state index contributed by atoms with van der Waals surface area (Å²) in [6.07, 6.45) is 0.654. The van der Waals surface area contributed by atoms with E-state index in [2.05, 4.69) is 38.8 Å². The van der Waals surface area contributed by atoms with Gasteiger partial charge >= 0.3 is 5.97 Å². The van der Waals surface area contributed by atoms with Crippen molar-refractivity contribution in [2.75, 3.05) is 51.9 Å². The number of rotatable bonds is 15. The van der Waals surface area contributed by atoms with Gasteiger partial charge in [0.15, 0.2) is 11.5 Å². The van der Waals surface area contributed by atoms with Crippen LogP contribution in [0.2, 0.25) is 10.0 Å². The van der Waals surface area contributed by atoms with Crippen molar-refractivity contribution in [1.82, 2.24) is 4.90 Å². The van der Waals surface area contributed by atoms with Gasteiger partial charge in [0.2, 0.25) is 0 Å². The SMILES string of the molecule is CCOC(=O)C[C@@H]1O[C@@H](c2cccc(OCCCN(C)CCCc3ccccc3Cl)c2OC)c2cc(Cl)ccc2N(CC(C)(C)C)C1=O. The molecule has 48 heavy (non-hydrogen) atoms. The molecule has 0 aromatic heterocycles. The predicted molar refractivity (Wildman–Crippen MR) is 192 cm³/mol. The smallest absolute Gasteiger partial charge is 0.308 e. The second-order valence-electron chi connectivity index (χ2n) is 13.3. The second-order valence-corrected chi connectivity index (χ2v) is 14.1. The molecule has 10 heteroatoms. The van der Waals surface area contributed by atoms with Crippen LogP contribution in [0.1, 0.15) is 69.8 Å². The number of aryl methyl sites for hydroxylation is 1. The number of hydrogen-bond donors (Lipinski definition) is 0. The maximum absolute atomic E-state index is 14.1. The minimum Gasteiger partial charge on any atom is -0.492 e. The Balaban J connectivity index is 1.54. The number of carbonyl (C=O) groups excluding carboxylic acids is 2. The van der Waals surface area contributed by atoms with Gasteiger partial charge in [0.1, 0.15) is 12.2 Å². The van der Waals surface area contributed by atoms with E-state index in [0.717, 1.165) is 37.4 Å². The Morgan fingerprint density at radius 3 is 2.46 bits per heavy atom. The molecule has 0 saturated heterocycles. The molecule has 1 aliphatic heterocycles. The first-order valence-electron chi connectivity index (χ1n) is 16.6. The van der Waals surface area contributed by atoms with Gasteiger partial charge in [-0.3, -0.25) is 9.59 Å². The summed E-state index contributed by atoms with van der Waals surface area (Å²) in [6.45, 7) is 10.8. The molecule has 0 unspecified atom stereocenters. The van der Waals surface area contributed by atoms with Crippen molar-refractivity contribution in [2.24, 2.45) is 5.41 Å². The van der Waals surface area contributed by atoms with Crippen LogP contribution in [-0.2, 0) is 25.5 Å². The van der Waals surface area contributed by atoms with Crippen LogP contribution in [0.4, 0.5) is 5.69 Å². The monoisotopic (exact) mass is 698 g/mol. The van der Waals surface area contributed by atoms with Gasteiger partial charge in [-0.15, -0.1) is 0 Å². The Bertz CT molecular complexity index is 1540. The number of carbonyl (C=O) groups is 2. The van der Waals surface area contributed by atoms with E-state index < -0.39 is 18.2 Å². The summed E-state index contributed by atoms with van der Waals surface area (Å²) in [5, 5.41) is 1.31. The number of ether oxygens (including phenoxy) is 4. The fourth-order valence-corrected chi connectivity index (χ4v) is 6.31. The van der Waals surface area contributed by atoms with E-state index in [-0.39, 0.29) is 24.3 Å². The third-order valence-corrected chi connectivity index (χ3v) is 8.68. The van der Waals surface area contributed by atoms with Gasteiger partial charge in [-0.05, 0) is 81.1 Å². The highest BCUT2D eigenvalue weighted by molar-refractivity contribution is 6.31. The Hall–Kier alpha value is -3.30. The maximum atomic E-state index is 14.1. The first-order valence-corrected chi connectivity index (χ1v) is 17.3. The van der Waals surface area contributed by atoms with Gasteiger partial charge < -0.3 is 28.7 Å². The molecule has 260 valence electrons. The minimum absolute atomic E-state index is 0.205. The van der Waals surface area contributed by atoms with Crippen LogP contribution < -0.4 is 14.4 Å². The molecule has 0 N–H and O–H groups in total. The third kappa shape index (κ3) is 10.1. The quantitative estimate of drug-likeness (QED) is 0.117. The van der Waals surface area contributed by atoms with Crippen molar-refractivity contribution in [1.29, 1.82) is 0 Å². The Morgan fingerprint density at radius 2 is 1.75 bits per heavy atom. The van der Waals surface area contributed by atoms with E-state index in [0.29, 0.717) is 46.5 Å². The Labute approximate surface area is 295 Å². The van der Waals surface area contributed by atoms with Crippen molar-refractivity contribution in [3.05, 3.63) is 87.4 Å². The van der Waals surface area contributed by atoms with Crippen LogP contribution in [0.15, 0.2) is 60.7 Å². The van der Waals surface area contributed by atoms with Gasteiger partial charge in [0.05, 0.1) is 26.7 Å². The zero-order valence-electron chi connectivity index (χ0n) is 28.9. The molecule has 0 aliphatic carbocycles. The molecule has 1 aliphatic rings. The molecule has 2 atom stereocenters. The lowest BCUT2D eigenvalue weighted by atomic mass is 9.94. The van der Waals surface area contributed by atoms with Crippen LogP contribution >= 0.6 is 23.2 Å². The first kappa shape index (κ1) is 37.5. The highest BCUT2D eigenvalue weighted by atomic mass is 35.5. The van der Waals surface area contributed by atoms with Gasteiger partial charge in [0, 0.05) is 39.9 Å². The highest BCUT2D eigenvalue weighted by Crippen LogP contribution is 2.45. The van der Waals surface area contributed by atoms with E-state index >= 15 is 0 Å². The first-order chi connectivity index (χ1) is 22.9. The van der Waals surface area contributed by atoms with E-state index in [4.69, 9.17) is 42.1 Å². The Morgan fingerprint density at radius 1 is 1.00 bits per heavy atom. The molecule has 8 nitrogen and oxygen atoms in total. The molecular weight excluding hydrogens is 651 g/mol. The average molecular weight is 700 g/mol.